The van der Waals surface area contributed by atoms with Crippen LogP contribution in [0.2, 0.25) is 0 Å². The molecule has 2 rings (SSSR count). The van der Waals surface area contributed by atoms with Crippen LogP contribution in [0.4, 0.5) is 6.01 Å². The zero-order valence-corrected chi connectivity index (χ0v) is 6.36. The van der Waals surface area contributed by atoms with E-state index in [9.17, 15) is 0 Å². The van der Waals surface area contributed by atoms with E-state index in [1.54, 1.807) is 12.5 Å². The van der Waals surface area contributed by atoms with Gasteiger partial charge in [0, 0.05) is 0 Å². The van der Waals surface area contributed by atoms with Gasteiger partial charge in [-0.15, -0.1) is 0 Å². The lowest BCUT2D eigenvalue weighted by atomic mass is 10.3. The van der Waals surface area contributed by atoms with E-state index in [0.29, 0.717) is 12.2 Å². The molecular formula is C8H8N2O2. The van der Waals surface area contributed by atoms with Crippen LogP contribution < -0.4 is 5.73 Å². The number of rotatable bonds is 2. The molecule has 0 amide bonds. The van der Waals surface area contributed by atoms with Crippen LogP contribution in [-0.4, -0.2) is 4.98 Å². The summed E-state index contributed by atoms with van der Waals surface area (Å²) in [5, 5.41) is 0. The maximum Gasteiger partial charge on any atom is 0.292 e. The minimum atomic E-state index is 0.191. The molecule has 0 spiro atoms. The molecule has 2 heterocycles. The fraction of sp³-hybridized carbons (Fsp3) is 0.125. The Morgan fingerprint density at radius 2 is 2.33 bits per heavy atom. The van der Waals surface area contributed by atoms with E-state index in [-0.39, 0.29) is 6.01 Å². The van der Waals surface area contributed by atoms with Crippen molar-refractivity contribution in [2.45, 2.75) is 6.42 Å². The Hall–Kier alpha value is -1.71. The van der Waals surface area contributed by atoms with E-state index in [2.05, 4.69) is 4.98 Å². The first kappa shape index (κ1) is 6.97. The highest BCUT2D eigenvalue weighted by Crippen LogP contribution is 2.11. The van der Waals surface area contributed by atoms with Crippen molar-refractivity contribution >= 4 is 6.01 Å². The van der Waals surface area contributed by atoms with Gasteiger partial charge >= 0.3 is 0 Å². The van der Waals surface area contributed by atoms with Gasteiger partial charge in [-0.3, -0.25) is 0 Å². The number of hydrogen-bond acceptors (Lipinski definition) is 4. The van der Waals surface area contributed by atoms with Gasteiger partial charge in [-0.1, -0.05) is 0 Å². The van der Waals surface area contributed by atoms with E-state index in [4.69, 9.17) is 14.6 Å². The van der Waals surface area contributed by atoms with E-state index in [1.807, 2.05) is 12.1 Å². The van der Waals surface area contributed by atoms with Crippen LogP contribution in [-0.2, 0) is 6.42 Å². The van der Waals surface area contributed by atoms with Crippen molar-refractivity contribution in [2.24, 2.45) is 0 Å². The van der Waals surface area contributed by atoms with Crippen LogP contribution in [0, 0.1) is 0 Å². The molecule has 0 aliphatic rings. The predicted molar refractivity (Wildman–Crippen MR) is 42.4 cm³/mol. The summed E-state index contributed by atoms with van der Waals surface area (Å²) in [5.74, 6) is 1.55. The van der Waals surface area contributed by atoms with Crippen molar-refractivity contribution in [1.29, 1.82) is 0 Å². The maximum atomic E-state index is 5.30. The summed E-state index contributed by atoms with van der Waals surface area (Å²) in [5.41, 5.74) is 5.30. The molecule has 0 saturated carbocycles. The molecule has 0 radical (unpaired) electrons. The van der Waals surface area contributed by atoms with Crippen LogP contribution >= 0.6 is 0 Å². The maximum absolute atomic E-state index is 5.30. The number of nitrogens with zero attached hydrogens (tertiary/aromatic N) is 1. The Kier molecular flexibility index (Phi) is 1.59. The minimum absolute atomic E-state index is 0.191. The lowest BCUT2D eigenvalue weighted by Gasteiger charge is -1.89. The molecule has 4 nitrogen and oxygen atoms in total. The van der Waals surface area contributed by atoms with Gasteiger partial charge < -0.3 is 14.6 Å². The highest BCUT2D eigenvalue weighted by Gasteiger charge is 2.03. The number of anilines is 1. The second-order valence-electron chi connectivity index (χ2n) is 2.42. The molecule has 2 aromatic rings. The van der Waals surface area contributed by atoms with Gasteiger partial charge in [-0.05, 0) is 12.1 Å². The summed E-state index contributed by atoms with van der Waals surface area (Å²) < 4.78 is 10.2. The number of furan rings is 1. The summed E-state index contributed by atoms with van der Waals surface area (Å²) in [4.78, 5) is 3.77. The monoisotopic (exact) mass is 164 g/mol. The third-order valence-corrected chi connectivity index (χ3v) is 1.50. The molecule has 0 aromatic carbocycles. The van der Waals surface area contributed by atoms with Gasteiger partial charge in [0.15, 0.2) is 0 Å². The van der Waals surface area contributed by atoms with Crippen molar-refractivity contribution in [3.8, 4) is 0 Å². The molecule has 0 bridgehead atoms. The van der Waals surface area contributed by atoms with Crippen LogP contribution in [0.3, 0.4) is 0 Å². The topological polar surface area (TPSA) is 65.2 Å². The van der Waals surface area contributed by atoms with Gasteiger partial charge in [0.2, 0.25) is 0 Å². The summed E-state index contributed by atoms with van der Waals surface area (Å²) in [6.45, 7) is 0. The standard InChI is InChI=1S/C8H8N2O2/c9-8-10-5-7(12-8)4-6-2-1-3-11-6/h1-3,5H,4H2,(H2,9,10). The molecule has 0 saturated heterocycles. The quantitative estimate of drug-likeness (QED) is 0.729. The molecule has 0 fully saturated rings. The Balaban J connectivity index is 2.14. The molecule has 0 aliphatic carbocycles. The van der Waals surface area contributed by atoms with E-state index < -0.39 is 0 Å². The highest BCUT2D eigenvalue weighted by molar-refractivity contribution is 5.15. The third kappa shape index (κ3) is 1.32. The lowest BCUT2D eigenvalue weighted by molar-refractivity contribution is 0.481. The summed E-state index contributed by atoms with van der Waals surface area (Å²) >= 11 is 0. The van der Waals surface area contributed by atoms with Crippen molar-refractivity contribution in [2.75, 3.05) is 5.73 Å². The Morgan fingerprint density at radius 1 is 1.42 bits per heavy atom. The molecule has 2 aromatic heterocycles. The van der Waals surface area contributed by atoms with Gasteiger partial charge in [0.05, 0.1) is 18.9 Å². The van der Waals surface area contributed by atoms with Gasteiger partial charge in [0.1, 0.15) is 11.5 Å². The van der Waals surface area contributed by atoms with Crippen LogP contribution in [0.15, 0.2) is 33.4 Å². The molecule has 0 aliphatic heterocycles. The first-order valence-corrected chi connectivity index (χ1v) is 3.57. The zero-order chi connectivity index (χ0) is 8.39. The largest absolute Gasteiger partial charge is 0.469 e. The smallest absolute Gasteiger partial charge is 0.292 e. The van der Waals surface area contributed by atoms with E-state index >= 15 is 0 Å². The van der Waals surface area contributed by atoms with Crippen molar-refractivity contribution in [1.82, 2.24) is 4.98 Å². The van der Waals surface area contributed by atoms with Crippen LogP contribution in [0.25, 0.3) is 0 Å². The van der Waals surface area contributed by atoms with Gasteiger partial charge in [-0.2, -0.15) is 0 Å². The van der Waals surface area contributed by atoms with Crippen LogP contribution in [0.1, 0.15) is 11.5 Å². The first-order chi connectivity index (χ1) is 5.84. The molecular weight excluding hydrogens is 156 g/mol. The van der Waals surface area contributed by atoms with Gasteiger partial charge in [0.25, 0.3) is 6.01 Å². The fourth-order valence-corrected chi connectivity index (χ4v) is 0.989. The Morgan fingerprint density at radius 3 is 2.92 bits per heavy atom. The second-order valence-corrected chi connectivity index (χ2v) is 2.42. The second kappa shape index (κ2) is 2.73. The molecule has 12 heavy (non-hydrogen) atoms. The number of hydrogen-bond donors (Lipinski definition) is 1. The van der Waals surface area contributed by atoms with Crippen molar-refractivity contribution in [3.63, 3.8) is 0 Å². The Bertz CT molecular complexity index is 351. The molecule has 0 atom stereocenters. The average Bonchev–Trinajstić information content (AvgIpc) is 2.63. The SMILES string of the molecule is Nc1ncc(Cc2ccco2)o1. The fourth-order valence-electron chi connectivity index (χ4n) is 0.989. The minimum Gasteiger partial charge on any atom is -0.469 e. The highest BCUT2D eigenvalue weighted by atomic mass is 16.4. The first-order valence-electron chi connectivity index (χ1n) is 3.57. The zero-order valence-electron chi connectivity index (χ0n) is 6.36. The van der Waals surface area contributed by atoms with E-state index in [0.717, 1.165) is 5.76 Å². The number of nitrogens with two attached hydrogens (primary N) is 1. The Labute approximate surface area is 69.0 Å². The van der Waals surface area contributed by atoms with Crippen molar-refractivity contribution in [3.05, 3.63) is 36.1 Å². The number of oxazole rings is 1. The van der Waals surface area contributed by atoms with E-state index in [1.165, 1.54) is 0 Å². The third-order valence-electron chi connectivity index (χ3n) is 1.50. The number of aromatic nitrogens is 1. The molecule has 2 N–H and O–H groups in total. The predicted octanol–water partition coefficient (Wildman–Crippen LogP) is 1.44. The molecule has 4 heteroatoms. The van der Waals surface area contributed by atoms with Crippen molar-refractivity contribution < 1.29 is 8.83 Å². The average molecular weight is 164 g/mol. The van der Waals surface area contributed by atoms with Crippen LogP contribution in [0.5, 0.6) is 0 Å². The summed E-state index contributed by atoms with van der Waals surface area (Å²) in [7, 11) is 0. The lowest BCUT2D eigenvalue weighted by Crippen LogP contribution is -1.82. The number of nitrogen functional groups attached to an aromatic ring is 1. The molecule has 0 unspecified atom stereocenters. The normalized spacial score (nSPS) is 10.3. The van der Waals surface area contributed by atoms with Gasteiger partial charge in [-0.25, -0.2) is 4.98 Å². The molecule has 62 valence electrons. The summed E-state index contributed by atoms with van der Waals surface area (Å²) in [6, 6.07) is 3.89. The summed E-state index contributed by atoms with van der Waals surface area (Å²) in [6.07, 6.45) is 3.81.